The van der Waals surface area contributed by atoms with Crippen molar-refractivity contribution < 1.29 is 4.79 Å². The number of amides is 1. The van der Waals surface area contributed by atoms with E-state index >= 15 is 0 Å². The highest BCUT2D eigenvalue weighted by Crippen LogP contribution is 2.13. The highest BCUT2D eigenvalue weighted by molar-refractivity contribution is 5.91. The van der Waals surface area contributed by atoms with Gasteiger partial charge in [0.25, 0.3) is 0 Å². The van der Waals surface area contributed by atoms with Crippen LogP contribution in [0.3, 0.4) is 0 Å². The fraction of sp³-hybridized carbons (Fsp3) is 0.857. The Morgan fingerprint density at radius 2 is 1.09 bits per heavy atom. The van der Waals surface area contributed by atoms with Crippen molar-refractivity contribution in [1.29, 1.82) is 0 Å². The van der Waals surface area contributed by atoms with Crippen molar-refractivity contribution in [3.8, 4) is 0 Å². The molecular weight excluding hydrogens is 282 g/mol. The first-order valence-electron chi connectivity index (χ1n) is 10.0. The highest BCUT2D eigenvalue weighted by Gasteiger charge is 2.07. The highest BCUT2D eigenvalue weighted by atomic mass is 16.2. The van der Waals surface area contributed by atoms with Crippen LogP contribution < -0.4 is 0 Å². The molecule has 0 atom stereocenters. The first-order chi connectivity index (χ1) is 11.1. The van der Waals surface area contributed by atoms with Gasteiger partial charge in [-0.2, -0.15) is 0 Å². The molecule has 0 heterocycles. The zero-order valence-corrected chi connectivity index (χ0v) is 16.2. The van der Waals surface area contributed by atoms with Crippen LogP contribution in [0.2, 0.25) is 0 Å². The predicted molar refractivity (Wildman–Crippen MR) is 103 cm³/mol. The van der Waals surface area contributed by atoms with Crippen molar-refractivity contribution in [1.82, 2.24) is 4.90 Å². The van der Waals surface area contributed by atoms with Crippen LogP contribution >= 0.6 is 0 Å². The quantitative estimate of drug-likeness (QED) is 0.234. The van der Waals surface area contributed by atoms with Gasteiger partial charge in [0, 0.05) is 19.2 Å². The average Bonchev–Trinajstić information content (AvgIpc) is 2.54. The molecule has 0 saturated heterocycles. The molecule has 136 valence electrons. The van der Waals surface area contributed by atoms with E-state index in [0.29, 0.717) is 5.57 Å². The zero-order valence-electron chi connectivity index (χ0n) is 16.2. The number of nitrogens with zero attached hydrogens (tertiary/aromatic N) is 1. The molecule has 0 aliphatic heterocycles. The van der Waals surface area contributed by atoms with E-state index in [1.54, 1.807) is 11.8 Å². The third-order valence-electron chi connectivity index (χ3n) is 4.56. The summed E-state index contributed by atoms with van der Waals surface area (Å²) < 4.78 is 0. The molecule has 0 fully saturated rings. The Morgan fingerprint density at radius 3 is 1.43 bits per heavy atom. The number of hydrogen-bond donors (Lipinski definition) is 0. The van der Waals surface area contributed by atoms with Crippen LogP contribution in [0, 0.1) is 0 Å². The van der Waals surface area contributed by atoms with Gasteiger partial charge in [-0.05, 0) is 13.3 Å². The topological polar surface area (TPSA) is 20.3 Å². The maximum atomic E-state index is 11.6. The Labute approximate surface area is 145 Å². The molecule has 0 aromatic rings. The molecule has 0 aromatic carbocycles. The maximum absolute atomic E-state index is 11.6. The SMILES string of the molecule is C=C(C)C(=O)N(C)CCCCCCCCCCCCCCCC. The summed E-state index contributed by atoms with van der Waals surface area (Å²) >= 11 is 0. The van der Waals surface area contributed by atoms with E-state index in [1.807, 2.05) is 7.05 Å². The molecule has 1 amide bonds. The van der Waals surface area contributed by atoms with Crippen molar-refractivity contribution in [2.75, 3.05) is 13.6 Å². The van der Waals surface area contributed by atoms with Crippen LogP contribution in [-0.2, 0) is 4.79 Å². The summed E-state index contributed by atoms with van der Waals surface area (Å²) in [6.45, 7) is 8.63. The lowest BCUT2D eigenvalue weighted by atomic mass is 10.0. The van der Waals surface area contributed by atoms with E-state index in [0.717, 1.165) is 13.0 Å². The Hall–Kier alpha value is -0.790. The summed E-state index contributed by atoms with van der Waals surface area (Å²) in [6.07, 6.45) is 19.2. The third kappa shape index (κ3) is 14.5. The van der Waals surface area contributed by atoms with Gasteiger partial charge in [0.2, 0.25) is 5.91 Å². The Bertz CT molecular complexity index is 298. The fourth-order valence-corrected chi connectivity index (χ4v) is 2.97. The van der Waals surface area contributed by atoms with Crippen molar-refractivity contribution in [3.63, 3.8) is 0 Å². The summed E-state index contributed by atoms with van der Waals surface area (Å²) in [5.41, 5.74) is 0.637. The number of hydrogen-bond acceptors (Lipinski definition) is 1. The van der Waals surface area contributed by atoms with Gasteiger partial charge in [-0.25, -0.2) is 0 Å². The number of rotatable bonds is 16. The zero-order chi connectivity index (χ0) is 17.3. The second kappa shape index (κ2) is 16.1. The maximum Gasteiger partial charge on any atom is 0.248 e. The van der Waals surface area contributed by atoms with Crippen LogP contribution in [0.25, 0.3) is 0 Å². The summed E-state index contributed by atoms with van der Waals surface area (Å²) in [7, 11) is 1.87. The number of unbranched alkanes of at least 4 members (excludes halogenated alkanes) is 13. The van der Waals surface area contributed by atoms with E-state index in [-0.39, 0.29) is 5.91 Å². The number of likely N-dealkylation sites (N-methyl/N-ethyl adjacent to an activating group) is 1. The first kappa shape index (κ1) is 22.2. The summed E-state index contributed by atoms with van der Waals surface area (Å²) in [6, 6.07) is 0. The first-order valence-corrected chi connectivity index (χ1v) is 10.0. The van der Waals surface area contributed by atoms with Gasteiger partial charge in [-0.3, -0.25) is 4.79 Å². The monoisotopic (exact) mass is 323 g/mol. The Kier molecular flexibility index (Phi) is 15.5. The van der Waals surface area contributed by atoms with Gasteiger partial charge in [-0.15, -0.1) is 0 Å². The smallest absolute Gasteiger partial charge is 0.248 e. The molecule has 0 radical (unpaired) electrons. The molecule has 0 unspecified atom stereocenters. The van der Waals surface area contributed by atoms with Crippen LogP contribution in [0.4, 0.5) is 0 Å². The summed E-state index contributed by atoms with van der Waals surface area (Å²) in [5.74, 6) is 0.0831. The normalized spacial score (nSPS) is 10.7. The van der Waals surface area contributed by atoms with Gasteiger partial charge in [0.1, 0.15) is 0 Å². The molecule has 0 aliphatic carbocycles. The molecule has 0 N–H and O–H groups in total. The summed E-state index contributed by atoms with van der Waals surface area (Å²) in [4.78, 5) is 13.4. The standard InChI is InChI=1S/C21H41NO/c1-5-6-7-8-9-10-11-12-13-14-15-16-17-18-19-22(4)21(23)20(2)3/h2,5-19H2,1,3-4H3. The minimum absolute atomic E-state index is 0.0831. The Morgan fingerprint density at radius 1 is 0.739 bits per heavy atom. The second-order valence-corrected chi connectivity index (χ2v) is 7.10. The largest absolute Gasteiger partial charge is 0.342 e. The van der Waals surface area contributed by atoms with E-state index in [1.165, 1.54) is 83.5 Å². The van der Waals surface area contributed by atoms with Crippen molar-refractivity contribution in [2.24, 2.45) is 0 Å². The van der Waals surface area contributed by atoms with Crippen molar-refractivity contribution >= 4 is 5.91 Å². The van der Waals surface area contributed by atoms with E-state index in [9.17, 15) is 4.79 Å². The average molecular weight is 324 g/mol. The van der Waals surface area contributed by atoms with E-state index in [4.69, 9.17) is 0 Å². The van der Waals surface area contributed by atoms with Gasteiger partial charge in [0.15, 0.2) is 0 Å². The van der Waals surface area contributed by atoms with Crippen molar-refractivity contribution in [2.45, 2.75) is 104 Å². The molecule has 0 aromatic heterocycles. The lowest BCUT2D eigenvalue weighted by Gasteiger charge is -2.16. The predicted octanol–water partition coefficient (Wildman–Crippen LogP) is 6.50. The molecule has 23 heavy (non-hydrogen) atoms. The lowest BCUT2D eigenvalue weighted by molar-refractivity contribution is -0.125. The van der Waals surface area contributed by atoms with Gasteiger partial charge in [0.05, 0.1) is 0 Å². The molecule has 0 rings (SSSR count). The minimum atomic E-state index is 0.0831. The van der Waals surface area contributed by atoms with E-state index in [2.05, 4.69) is 13.5 Å². The lowest BCUT2D eigenvalue weighted by Crippen LogP contribution is -2.27. The van der Waals surface area contributed by atoms with Crippen LogP contribution in [0.1, 0.15) is 104 Å². The van der Waals surface area contributed by atoms with Crippen LogP contribution in [0.5, 0.6) is 0 Å². The third-order valence-corrected chi connectivity index (χ3v) is 4.56. The number of carbonyl (C=O) groups excluding carboxylic acids is 1. The fourth-order valence-electron chi connectivity index (χ4n) is 2.97. The van der Waals surface area contributed by atoms with E-state index < -0.39 is 0 Å². The molecule has 0 spiro atoms. The molecular formula is C21H41NO. The Balaban J connectivity index is 3.19. The molecule has 0 aliphatic rings. The van der Waals surface area contributed by atoms with Gasteiger partial charge >= 0.3 is 0 Å². The minimum Gasteiger partial charge on any atom is -0.342 e. The second-order valence-electron chi connectivity index (χ2n) is 7.10. The van der Waals surface area contributed by atoms with Gasteiger partial charge in [-0.1, -0.05) is 97.0 Å². The molecule has 0 bridgehead atoms. The number of carbonyl (C=O) groups is 1. The molecule has 2 nitrogen and oxygen atoms in total. The van der Waals surface area contributed by atoms with Crippen LogP contribution in [-0.4, -0.2) is 24.4 Å². The van der Waals surface area contributed by atoms with Crippen LogP contribution in [0.15, 0.2) is 12.2 Å². The summed E-state index contributed by atoms with van der Waals surface area (Å²) in [5, 5.41) is 0. The molecule has 0 saturated carbocycles. The van der Waals surface area contributed by atoms with Gasteiger partial charge < -0.3 is 4.90 Å². The molecule has 2 heteroatoms. The van der Waals surface area contributed by atoms with Crippen molar-refractivity contribution in [3.05, 3.63) is 12.2 Å².